The second-order valence-electron chi connectivity index (χ2n) is 9.23. The van der Waals surface area contributed by atoms with Crippen molar-refractivity contribution in [3.05, 3.63) is 34.9 Å². The fourth-order valence-electron chi connectivity index (χ4n) is 4.26. The number of hydrogen-bond acceptors (Lipinski definition) is 6. The second kappa shape index (κ2) is 7.61. The van der Waals surface area contributed by atoms with Gasteiger partial charge in [0.2, 0.25) is 0 Å². The van der Waals surface area contributed by atoms with Gasteiger partial charge < -0.3 is 19.1 Å². The van der Waals surface area contributed by atoms with E-state index in [1.54, 1.807) is 4.90 Å². The van der Waals surface area contributed by atoms with Crippen LogP contribution in [0, 0.1) is 0 Å². The van der Waals surface area contributed by atoms with Gasteiger partial charge in [0.25, 0.3) is 0 Å². The van der Waals surface area contributed by atoms with Crippen LogP contribution in [-0.4, -0.2) is 72.4 Å². The molecule has 0 spiro atoms. The lowest BCUT2D eigenvalue weighted by Gasteiger charge is -2.46. The maximum Gasteiger partial charge on any atom is 0.410 e. The van der Waals surface area contributed by atoms with E-state index in [2.05, 4.69) is 11.0 Å². The summed E-state index contributed by atoms with van der Waals surface area (Å²) in [7, 11) is 0. The number of cyclic esters (lactones) is 1. The summed E-state index contributed by atoms with van der Waals surface area (Å²) in [6.45, 7) is 11.0. The average molecular weight is 402 g/mol. The maximum absolute atomic E-state index is 12.4. The minimum atomic E-state index is -0.487. The van der Waals surface area contributed by atoms with Crippen LogP contribution in [0.5, 0.6) is 0 Å². The van der Waals surface area contributed by atoms with Gasteiger partial charge in [0.05, 0.1) is 24.3 Å². The molecule has 4 rings (SSSR count). The highest BCUT2D eigenvalue weighted by Crippen LogP contribution is 2.30. The van der Waals surface area contributed by atoms with Gasteiger partial charge >= 0.3 is 12.1 Å². The Labute approximate surface area is 171 Å². The third-order valence-corrected chi connectivity index (χ3v) is 5.68. The molecular formula is C22H30N2O5. The molecule has 2 saturated heterocycles. The summed E-state index contributed by atoms with van der Waals surface area (Å²) in [4.78, 5) is 28.6. The first-order valence-electron chi connectivity index (χ1n) is 10.4. The molecule has 3 atom stereocenters. The number of rotatable bonds is 1. The summed E-state index contributed by atoms with van der Waals surface area (Å²) in [6.07, 6.45) is 0.356. The number of carbonyl (C=O) groups excluding carboxylic acids is 2. The maximum atomic E-state index is 12.4. The first-order chi connectivity index (χ1) is 13.7. The third-order valence-electron chi connectivity index (χ3n) is 5.68. The Morgan fingerprint density at radius 1 is 1.21 bits per heavy atom. The van der Waals surface area contributed by atoms with Crippen LogP contribution >= 0.6 is 0 Å². The predicted molar refractivity (Wildman–Crippen MR) is 107 cm³/mol. The molecule has 29 heavy (non-hydrogen) atoms. The third kappa shape index (κ3) is 4.41. The zero-order valence-corrected chi connectivity index (χ0v) is 17.6. The monoisotopic (exact) mass is 402 g/mol. The van der Waals surface area contributed by atoms with Crippen molar-refractivity contribution in [2.45, 2.75) is 58.0 Å². The van der Waals surface area contributed by atoms with E-state index < -0.39 is 5.60 Å². The van der Waals surface area contributed by atoms with Crippen LogP contribution < -0.4 is 0 Å². The summed E-state index contributed by atoms with van der Waals surface area (Å²) < 4.78 is 17.0. The van der Waals surface area contributed by atoms with Crippen LogP contribution in [0.15, 0.2) is 18.2 Å². The average Bonchev–Trinajstić information content (AvgIpc) is 2.65. The van der Waals surface area contributed by atoms with Crippen molar-refractivity contribution in [2.75, 3.05) is 32.8 Å². The summed E-state index contributed by atoms with van der Waals surface area (Å²) in [6, 6.07) is 6.10. The zero-order valence-electron chi connectivity index (χ0n) is 17.6. The molecule has 3 heterocycles. The summed E-state index contributed by atoms with van der Waals surface area (Å²) in [5.41, 5.74) is 2.30. The predicted octanol–water partition coefficient (Wildman–Crippen LogP) is 2.78. The van der Waals surface area contributed by atoms with E-state index in [0.717, 1.165) is 30.6 Å². The van der Waals surface area contributed by atoms with E-state index in [-0.39, 0.29) is 30.3 Å². The molecule has 0 saturated carbocycles. The standard InChI is InChI=1S/C22H30N2O5/c1-14-9-16-10-15(5-6-18(16)20(25)28-14)19-12-23-7-8-24(11-17(23)13-27-19)21(26)29-22(2,3)4/h5-6,10,14,17,19H,7-9,11-13H2,1-4H3/t14-,17-,19-/m0/s1. The second-order valence-corrected chi connectivity index (χ2v) is 9.23. The number of carbonyl (C=O) groups is 2. The Hall–Kier alpha value is -2.12. The molecule has 1 aromatic carbocycles. The van der Waals surface area contributed by atoms with Crippen molar-refractivity contribution in [1.82, 2.24) is 9.80 Å². The molecule has 0 aliphatic carbocycles. The smallest absolute Gasteiger partial charge is 0.410 e. The molecule has 0 N–H and O–H groups in total. The minimum Gasteiger partial charge on any atom is -0.459 e. The number of fused-ring (bicyclic) bond motifs is 2. The molecule has 3 aliphatic rings. The van der Waals surface area contributed by atoms with E-state index in [9.17, 15) is 9.59 Å². The number of ether oxygens (including phenoxy) is 3. The molecule has 2 fully saturated rings. The lowest BCUT2D eigenvalue weighted by atomic mass is 9.94. The topological polar surface area (TPSA) is 68.3 Å². The minimum absolute atomic E-state index is 0.0297. The molecule has 0 bridgehead atoms. The van der Waals surface area contributed by atoms with Crippen LogP contribution in [-0.2, 0) is 20.6 Å². The molecular weight excluding hydrogens is 372 g/mol. The van der Waals surface area contributed by atoms with Crippen molar-refractivity contribution in [2.24, 2.45) is 0 Å². The van der Waals surface area contributed by atoms with E-state index in [4.69, 9.17) is 14.2 Å². The van der Waals surface area contributed by atoms with Crippen LogP contribution in [0.4, 0.5) is 4.79 Å². The SMILES string of the molecule is C[C@H]1Cc2cc([C@@H]3CN4CCN(C(=O)OC(C)(C)C)C[C@H]4CO3)ccc2C(=O)O1. The number of hydrogen-bond donors (Lipinski definition) is 0. The Balaban J connectivity index is 1.40. The highest BCUT2D eigenvalue weighted by atomic mass is 16.6. The molecule has 7 heteroatoms. The van der Waals surface area contributed by atoms with Crippen LogP contribution in [0.3, 0.4) is 0 Å². The van der Waals surface area contributed by atoms with Crippen molar-refractivity contribution < 1.29 is 23.8 Å². The van der Waals surface area contributed by atoms with Crippen LogP contribution in [0.1, 0.15) is 55.3 Å². The number of esters is 1. The molecule has 0 radical (unpaired) electrons. The highest BCUT2D eigenvalue weighted by Gasteiger charge is 2.37. The number of morpholine rings is 1. The van der Waals surface area contributed by atoms with E-state index >= 15 is 0 Å². The van der Waals surface area contributed by atoms with E-state index in [0.29, 0.717) is 25.3 Å². The van der Waals surface area contributed by atoms with Gasteiger partial charge in [-0.2, -0.15) is 0 Å². The molecule has 158 valence electrons. The molecule has 1 aromatic rings. The van der Waals surface area contributed by atoms with Crippen LogP contribution in [0.25, 0.3) is 0 Å². The normalized spacial score (nSPS) is 27.7. The van der Waals surface area contributed by atoms with Gasteiger partial charge in [0.1, 0.15) is 11.7 Å². The lowest BCUT2D eigenvalue weighted by molar-refractivity contribution is -0.0906. The fraction of sp³-hybridized carbons (Fsp3) is 0.636. The van der Waals surface area contributed by atoms with Gasteiger partial charge in [0.15, 0.2) is 0 Å². The summed E-state index contributed by atoms with van der Waals surface area (Å²) in [5, 5.41) is 0. The van der Waals surface area contributed by atoms with Gasteiger partial charge in [-0.05, 0) is 44.9 Å². The van der Waals surface area contributed by atoms with Crippen molar-refractivity contribution in [3.8, 4) is 0 Å². The quantitative estimate of drug-likeness (QED) is 0.673. The number of nitrogens with zero attached hydrogens (tertiary/aromatic N) is 2. The van der Waals surface area contributed by atoms with Gasteiger partial charge in [-0.3, -0.25) is 4.90 Å². The fourth-order valence-corrected chi connectivity index (χ4v) is 4.26. The molecule has 3 aliphatic heterocycles. The molecule has 0 aromatic heterocycles. The van der Waals surface area contributed by atoms with Crippen molar-refractivity contribution >= 4 is 12.1 Å². The van der Waals surface area contributed by atoms with Gasteiger partial charge in [-0.15, -0.1) is 0 Å². The van der Waals surface area contributed by atoms with Crippen molar-refractivity contribution in [3.63, 3.8) is 0 Å². The Bertz CT molecular complexity index is 803. The lowest BCUT2D eigenvalue weighted by Crippen LogP contribution is -2.60. The van der Waals surface area contributed by atoms with Gasteiger partial charge in [-0.25, -0.2) is 9.59 Å². The Morgan fingerprint density at radius 3 is 2.76 bits per heavy atom. The Kier molecular flexibility index (Phi) is 5.29. The van der Waals surface area contributed by atoms with Gasteiger partial charge in [-0.1, -0.05) is 12.1 Å². The zero-order chi connectivity index (χ0) is 20.8. The molecule has 1 amide bonds. The Morgan fingerprint density at radius 2 is 2.00 bits per heavy atom. The molecule has 0 unspecified atom stereocenters. The number of amides is 1. The van der Waals surface area contributed by atoms with Crippen LogP contribution in [0.2, 0.25) is 0 Å². The van der Waals surface area contributed by atoms with E-state index in [1.165, 1.54) is 0 Å². The summed E-state index contributed by atoms with van der Waals surface area (Å²) in [5.74, 6) is -0.242. The van der Waals surface area contributed by atoms with E-state index in [1.807, 2.05) is 39.8 Å². The summed E-state index contributed by atoms with van der Waals surface area (Å²) >= 11 is 0. The highest BCUT2D eigenvalue weighted by molar-refractivity contribution is 5.92. The van der Waals surface area contributed by atoms with Gasteiger partial charge in [0, 0.05) is 32.6 Å². The first kappa shape index (κ1) is 20.2. The molecule has 7 nitrogen and oxygen atoms in total. The van der Waals surface area contributed by atoms with Crippen molar-refractivity contribution in [1.29, 1.82) is 0 Å². The number of piperazine rings is 1. The largest absolute Gasteiger partial charge is 0.459 e. The number of benzene rings is 1. The first-order valence-corrected chi connectivity index (χ1v) is 10.4.